The Hall–Kier alpha value is -2.33. The largest absolute Gasteiger partial charge is 2.00 e. The molecular weight excluding hydrogens is 408 g/mol. The van der Waals surface area contributed by atoms with Crippen LogP contribution in [-0.4, -0.2) is 12.2 Å². The fraction of sp³-hybridized carbons (Fsp3) is 0.174. The van der Waals surface area contributed by atoms with Crippen molar-refractivity contribution < 1.29 is 21.8 Å². The van der Waals surface area contributed by atoms with E-state index >= 15 is 0 Å². The van der Waals surface area contributed by atoms with Crippen LogP contribution in [0.4, 0.5) is 0 Å². The number of rotatable bonds is 2. The third-order valence-electron chi connectivity index (χ3n) is 5.03. The first kappa shape index (κ1) is 20.4. The van der Waals surface area contributed by atoms with Crippen molar-refractivity contribution >= 4 is 23.0 Å². The monoisotopic (exact) mass is 430 g/mol. The minimum Gasteiger partial charge on any atom is -0.496 e. The number of methoxy groups -OCH3 is 1. The quantitative estimate of drug-likeness (QED) is 0.351. The molecular formula is C23H22FeN2OS. The van der Waals surface area contributed by atoms with Crippen LogP contribution in [0.2, 0.25) is 0 Å². The van der Waals surface area contributed by atoms with Gasteiger partial charge in [0.15, 0.2) is 5.11 Å². The average molecular weight is 430 g/mol. The third-order valence-corrected chi connectivity index (χ3v) is 5.25. The topological polar surface area (TPSA) is 33.3 Å². The van der Waals surface area contributed by atoms with E-state index < -0.39 is 0 Å². The van der Waals surface area contributed by atoms with Crippen molar-refractivity contribution in [3.8, 4) is 5.75 Å². The molecule has 3 nitrogen and oxygen atoms in total. The summed E-state index contributed by atoms with van der Waals surface area (Å²) in [6, 6.07) is 24.8. The molecule has 28 heavy (non-hydrogen) atoms. The van der Waals surface area contributed by atoms with Crippen molar-refractivity contribution in [2.45, 2.75) is 18.9 Å². The zero-order valence-corrected chi connectivity index (χ0v) is 17.5. The summed E-state index contributed by atoms with van der Waals surface area (Å²) >= 11 is 5.43. The molecule has 1 aliphatic heterocycles. The number of nitrogens with one attached hydrogen (secondary N) is 2. The van der Waals surface area contributed by atoms with Gasteiger partial charge in [-0.3, -0.25) is 0 Å². The molecule has 1 aliphatic carbocycles. The number of thiocarbonyl (C=S) groups is 1. The molecule has 0 saturated heterocycles. The van der Waals surface area contributed by atoms with Gasteiger partial charge in [-0.05, 0) is 36.7 Å². The molecule has 0 spiro atoms. The molecule has 144 valence electrons. The Morgan fingerprint density at radius 2 is 1.86 bits per heavy atom. The average Bonchev–Trinajstić information content (AvgIpc) is 3.43. The molecule has 0 bridgehead atoms. The fourth-order valence-corrected chi connectivity index (χ4v) is 4.02. The Morgan fingerprint density at radius 1 is 1.04 bits per heavy atom. The molecule has 0 aromatic heterocycles. The molecule has 2 aliphatic rings. The second-order valence-corrected chi connectivity index (χ2v) is 7.01. The van der Waals surface area contributed by atoms with Crippen molar-refractivity contribution in [3.05, 3.63) is 95.1 Å². The van der Waals surface area contributed by atoms with Gasteiger partial charge in [0, 0.05) is 16.8 Å². The molecule has 1 unspecified atom stereocenters. The molecule has 0 saturated carbocycles. The summed E-state index contributed by atoms with van der Waals surface area (Å²) in [5.41, 5.74) is 6.27. The van der Waals surface area contributed by atoms with Gasteiger partial charge in [-0.15, -0.1) is 5.56 Å². The second kappa shape index (κ2) is 9.24. The first-order valence-corrected chi connectivity index (χ1v) is 9.54. The Labute approximate surface area is 182 Å². The maximum atomic E-state index is 5.52. The molecule has 2 N–H and O–H groups in total. The number of ether oxygens (including phenoxy) is 1. The Morgan fingerprint density at radius 3 is 2.50 bits per heavy atom. The summed E-state index contributed by atoms with van der Waals surface area (Å²) in [7, 11) is 1.73. The second-order valence-electron chi connectivity index (χ2n) is 6.60. The summed E-state index contributed by atoms with van der Waals surface area (Å²) in [5.74, 6) is 0.958. The first-order valence-electron chi connectivity index (χ1n) is 9.13. The predicted molar refractivity (Wildman–Crippen MR) is 114 cm³/mol. The Bertz CT molecular complexity index is 928. The van der Waals surface area contributed by atoms with Gasteiger partial charge in [0.25, 0.3) is 0 Å². The minimum atomic E-state index is 0. The van der Waals surface area contributed by atoms with Crippen LogP contribution in [0.25, 0.3) is 5.70 Å². The van der Waals surface area contributed by atoms with Crippen LogP contribution < -0.4 is 15.4 Å². The smallest absolute Gasteiger partial charge is 0.496 e. The molecule has 1 atom stereocenters. The third kappa shape index (κ3) is 4.07. The van der Waals surface area contributed by atoms with E-state index in [9.17, 15) is 0 Å². The summed E-state index contributed by atoms with van der Waals surface area (Å²) in [6.45, 7) is 0. The van der Waals surface area contributed by atoms with E-state index in [1.807, 2.05) is 42.5 Å². The molecule has 0 fully saturated rings. The molecule has 3 aromatic rings. The van der Waals surface area contributed by atoms with E-state index in [1.165, 1.54) is 22.3 Å². The summed E-state index contributed by atoms with van der Waals surface area (Å²) in [5, 5.41) is 7.45. The molecule has 5 rings (SSSR count). The normalized spacial score (nSPS) is 17.0. The van der Waals surface area contributed by atoms with Crippen molar-refractivity contribution in [3.63, 3.8) is 0 Å². The van der Waals surface area contributed by atoms with Crippen LogP contribution in [0.5, 0.6) is 5.75 Å². The van der Waals surface area contributed by atoms with E-state index in [-0.39, 0.29) is 23.1 Å². The van der Waals surface area contributed by atoms with Gasteiger partial charge in [-0.2, -0.15) is 30.3 Å². The van der Waals surface area contributed by atoms with Gasteiger partial charge >= 0.3 is 17.1 Å². The van der Waals surface area contributed by atoms with E-state index in [4.69, 9.17) is 17.0 Å². The zero-order chi connectivity index (χ0) is 18.6. The maximum Gasteiger partial charge on any atom is 2.00 e. The van der Waals surface area contributed by atoms with Crippen LogP contribution in [0.15, 0.2) is 78.4 Å². The molecule has 0 radical (unpaired) electrons. The van der Waals surface area contributed by atoms with Crippen LogP contribution in [0, 0.1) is 0 Å². The molecule has 3 aromatic carbocycles. The number of hydrogen-bond acceptors (Lipinski definition) is 2. The maximum absolute atomic E-state index is 5.52. The Kier molecular flexibility index (Phi) is 6.74. The van der Waals surface area contributed by atoms with E-state index in [2.05, 4.69) is 41.0 Å². The first-order chi connectivity index (χ1) is 13.3. The van der Waals surface area contributed by atoms with Crippen molar-refractivity contribution in [1.82, 2.24) is 10.6 Å². The summed E-state index contributed by atoms with van der Waals surface area (Å²) < 4.78 is 5.52. The molecule has 0 amide bonds. The van der Waals surface area contributed by atoms with Crippen molar-refractivity contribution in [2.24, 2.45) is 0 Å². The standard InChI is InChI=1S/C18H17N2OS.C5H5.Fe/c1-21-15-8-4-7-13-12(15)9-10-14-16(11-5-2-3-6-11)19-18(22)20-17(13)14;1-2-4-5-3-1;/h2-8,16H,9-10H2,1H3,(H2,19,20,22);1-5H;/q2*-1;+2. The van der Waals surface area contributed by atoms with Crippen LogP contribution in [0.3, 0.4) is 0 Å². The van der Waals surface area contributed by atoms with E-state index in [1.54, 1.807) is 7.11 Å². The minimum absolute atomic E-state index is 0. The number of hydrogen-bond donors (Lipinski definition) is 2. The predicted octanol–water partition coefficient (Wildman–Crippen LogP) is 4.69. The van der Waals surface area contributed by atoms with Crippen LogP contribution in [0.1, 0.15) is 29.2 Å². The van der Waals surface area contributed by atoms with Gasteiger partial charge in [0.2, 0.25) is 0 Å². The fourth-order valence-electron chi connectivity index (χ4n) is 3.80. The van der Waals surface area contributed by atoms with Gasteiger partial charge in [-0.1, -0.05) is 12.1 Å². The summed E-state index contributed by atoms with van der Waals surface area (Å²) in [4.78, 5) is 0. The van der Waals surface area contributed by atoms with E-state index in [0.29, 0.717) is 5.11 Å². The SMILES string of the molecule is COc1cccc2c1CCC1=C2NC(=S)NC1c1ccc[cH-]1.[Fe+2].c1cc[cH-]c1. The Balaban J connectivity index is 0.000000329. The van der Waals surface area contributed by atoms with Gasteiger partial charge in [-0.25, -0.2) is 24.3 Å². The van der Waals surface area contributed by atoms with Crippen molar-refractivity contribution in [1.29, 1.82) is 0 Å². The van der Waals surface area contributed by atoms with Gasteiger partial charge in [0.1, 0.15) is 5.75 Å². The number of fused-ring (bicyclic) bond motifs is 2. The number of benzene rings is 1. The van der Waals surface area contributed by atoms with Crippen LogP contribution in [-0.2, 0) is 23.5 Å². The molecule has 1 heterocycles. The molecule has 5 heteroatoms. The van der Waals surface area contributed by atoms with Crippen molar-refractivity contribution in [2.75, 3.05) is 7.11 Å². The van der Waals surface area contributed by atoms with Crippen LogP contribution >= 0.6 is 12.2 Å². The van der Waals surface area contributed by atoms with Gasteiger partial charge < -0.3 is 15.4 Å². The van der Waals surface area contributed by atoms with E-state index in [0.717, 1.165) is 24.3 Å². The van der Waals surface area contributed by atoms with Gasteiger partial charge in [0.05, 0.1) is 13.2 Å². The zero-order valence-electron chi connectivity index (χ0n) is 15.6. The summed E-state index contributed by atoms with van der Waals surface area (Å²) in [6.07, 6.45) is 1.99.